The van der Waals surface area contributed by atoms with Crippen molar-refractivity contribution in [3.05, 3.63) is 29.8 Å². The number of anilines is 1. The van der Waals surface area contributed by atoms with Crippen LogP contribution in [0, 0.1) is 11.3 Å². The number of carbonyl (C=O) groups is 1. The summed E-state index contributed by atoms with van der Waals surface area (Å²) in [6, 6.07) is 9.85. The summed E-state index contributed by atoms with van der Waals surface area (Å²) in [6.45, 7) is 2.18. The van der Waals surface area contributed by atoms with Gasteiger partial charge in [0.05, 0.1) is 12.5 Å². The predicted octanol–water partition coefficient (Wildman–Crippen LogP) is 3.89. The number of nitriles is 1. The first-order valence-electron chi connectivity index (χ1n) is 7.75. The lowest BCUT2D eigenvalue weighted by molar-refractivity contribution is 0.205. The number of nitrogens with one attached hydrogen (secondary N) is 1. The van der Waals surface area contributed by atoms with E-state index in [4.69, 9.17) is 5.26 Å². The summed E-state index contributed by atoms with van der Waals surface area (Å²) < 4.78 is 0. The molecule has 22 heavy (non-hydrogen) atoms. The summed E-state index contributed by atoms with van der Waals surface area (Å²) in [7, 11) is 1.88. The molecule has 0 aromatic heterocycles. The lowest BCUT2D eigenvalue weighted by Gasteiger charge is -2.25. The van der Waals surface area contributed by atoms with E-state index in [-0.39, 0.29) is 6.03 Å². The van der Waals surface area contributed by atoms with Crippen LogP contribution in [0.5, 0.6) is 0 Å². The first-order chi connectivity index (χ1) is 10.6. The van der Waals surface area contributed by atoms with E-state index in [9.17, 15) is 4.79 Å². The normalized spacial score (nSPS) is 20.4. The molecule has 0 heterocycles. The molecule has 0 bridgehead atoms. The van der Waals surface area contributed by atoms with E-state index >= 15 is 0 Å². The number of hydrogen-bond donors (Lipinski definition) is 1. The van der Waals surface area contributed by atoms with Gasteiger partial charge in [-0.3, -0.25) is 0 Å². The number of carbonyl (C=O) groups excluding carboxylic acids is 1. The molecule has 1 saturated carbocycles. The van der Waals surface area contributed by atoms with Crippen LogP contribution in [0.4, 0.5) is 10.5 Å². The largest absolute Gasteiger partial charge is 0.325 e. The van der Waals surface area contributed by atoms with E-state index in [1.54, 1.807) is 0 Å². The summed E-state index contributed by atoms with van der Waals surface area (Å²) in [5.41, 5.74) is 1.74. The number of hydrogen-bond acceptors (Lipinski definition) is 3. The minimum absolute atomic E-state index is 0.0554. The van der Waals surface area contributed by atoms with Gasteiger partial charge >= 0.3 is 6.03 Å². The van der Waals surface area contributed by atoms with Crippen LogP contribution < -0.4 is 5.32 Å². The fraction of sp³-hybridized carbons (Fsp3) is 0.529. The number of nitrogens with zero attached hydrogens (tertiary/aromatic N) is 2. The highest BCUT2D eigenvalue weighted by molar-refractivity contribution is 7.99. The van der Waals surface area contributed by atoms with Gasteiger partial charge in [0.2, 0.25) is 0 Å². The molecule has 0 aliphatic heterocycles. The van der Waals surface area contributed by atoms with Gasteiger partial charge < -0.3 is 10.2 Å². The van der Waals surface area contributed by atoms with Crippen molar-refractivity contribution in [1.82, 2.24) is 4.90 Å². The smallest absolute Gasteiger partial charge is 0.321 e. The lowest BCUT2D eigenvalue weighted by atomic mass is 10.1. The maximum atomic E-state index is 12.3. The number of benzene rings is 1. The third-order valence-corrected chi connectivity index (χ3v) is 5.35. The van der Waals surface area contributed by atoms with Crippen LogP contribution in [-0.2, 0) is 6.42 Å². The van der Waals surface area contributed by atoms with Crippen molar-refractivity contribution in [3.8, 4) is 6.07 Å². The molecule has 0 spiro atoms. The van der Waals surface area contributed by atoms with Crippen LogP contribution in [0.3, 0.4) is 0 Å². The molecular weight excluding hydrogens is 294 g/mol. The minimum Gasteiger partial charge on any atom is -0.325 e. The second kappa shape index (κ2) is 8.09. The highest BCUT2D eigenvalue weighted by Crippen LogP contribution is 2.32. The molecule has 1 aromatic carbocycles. The maximum absolute atomic E-state index is 12.3. The van der Waals surface area contributed by atoms with Crippen molar-refractivity contribution >= 4 is 23.5 Å². The molecule has 2 amide bonds. The van der Waals surface area contributed by atoms with Crippen molar-refractivity contribution < 1.29 is 4.79 Å². The van der Waals surface area contributed by atoms with Gasteiger partial charge in [0.25, 0.3) is 0 Å². The van der Waals surface area contributed by atoms with Crippen molar-refractivity contribution in [3.63, 3.8) is 0 Å². The van der Waals surface area contributed by atoms with Crippen LogP contribution >= 0.6 is 11.8 Å². The van der Waals surface area contributed by atoms with Crippen LogP contribution in [0.25, 0.3) is 0 Å². The van der Waals surface area contributed by atoms with Gasteiger partial charge in [-0.25, -0.2) is 4.79 Å². The summed E-state index contributed by atoms with van der Waals surface area (Å²) in [4.78, 5) is 14.2. The fourth-order valence-corrected chi connectivity index (χ4v) is 3.96. The summed E-state index contributed by atoms with van der Waals surface area (Å²) in [5, 5.41) is 12.3. The molecule has 2 rings (SSSR count). The van der Waals surface area contributed by atoms with Crippen molar-refractivity contribution in [2.45, 2.75) is 43.9 Å². The lowest BCUT2D eigenvalue weighted by Crippen LogP contribution is -2.38. The molecule has 0 saturated heterocycles. The zero-order valence-corrected chi connectivity index (χ0v) is 14.0. The van der Waals surface area contributed by atoms with Gasteiger partial charge in [-0.15, -0.1) is 0 Å². The highest BCUT2D eigenvalue weighted by Gasteiger charge is 2.29. The van der Waals surface area contributed by atoms with Gasteiger partial charge in [0, 0.05) is 24.0 Å². The Morgan fingerprint density at radius 2 is 2.14 bits per heavy atom. The summed E-state index contributed by atoms with van der Waals surface area (Å²) in [6.07, 6.45) is 3.77. The molecule has 1 N–H and O–H groups in total. The molecule has 1 aliphatic carbocycles. The Labute approximate surface area is 136 Å². The molecule has 5 heteroatoms. The highest BCUT2D eigenvalue weighted by atomic mass is 32.2. The predicted molar refractivity (Wildman–Crippen MR) is 92.1 cm³/mol. The maximum Gasteiger partial charge on any atom is 0.321 e. The number of thioether (sulfide) groups is 1. The molecule has 4 nitrogen and oxygen atoms in total. The Morgan fingerprint density at radius 1 is 1.41 bits per heavy atom. The minimum atomic E-state index is -0.0554. The SMILES string of the molecule is CCS[C@@H]1CC[C@H](N(C)C(=O)Nc2ccc(CC#N)cc2)C1. The standard InChI is InChI=1S/C17H23N3OS/c1-3-22-16-9-8-15(12-16)20(2)17(21)19-14-6-4-13(5-7-14)10-11-18/h4-7,15-16H,3,8-10,12H2,1-2H3,(H,19,21)/t15-,16+/m0/s1. The Balaban J connectivity index is 1.87. The Morgan fingerprint density at radius 3 is 2.77 bits per heavy atom. The van der Waals surface area contributed by atoms with Crippen LogP contribution in [0.2, 0.25) is 0 Å². The van der Waals surface area contributed by atoms with Crippen LogP contribution in [0.15, 0.2) is 24.3 Å². The average Bonchev–Trinajstić information content (AvgIpc) is 2.98. The molecule has 2 atom stereocenters. The molecule has 118 valence electrons. The van der Waals surface area contributed by atoms with Crippen molar-refractivity contribution in [2.75, 3.05) is 18.1 Å². The molecule has 1 aliphatic rings. The van der Waals surface area contributed by atoms with E-state index in [0.29, 0.717) is 17.7 Å². The molecular formula is C17H23N3OS. The second-order valence-electron chi connectivity index (χ2n) is 5.62. The average molecular weight is 317 g/mol. The first-order valence-corrected chi connectivity index (χ1v) is 8.80. The van der Waals surface area contributed by atoms with Crippen molar-refractivity contribution in [1.29, 1.82) is 5.26 Å². The van der Waals surface area contributed by atoms with E-state index in [1.165, 1.54) is 6.42 Å². The number of amides is 2. The third-order valence-electron chi connectivity index (χ3n) is 4.12. The second-order valence-corrected chi connectivity index (χ2v) is 7.19. The monoisotopic (exact) mass is 317 g/mol. The Kier molecular flexibility index (Phi) is 6.14. The van der Waals surface area contributed by atoms with Gasteiger partial charge in [0.15, 0.2) is 0 Å². The first kappa shape index (κ1) is 16.7. The van der Waals surface area contributed by atoms with Gasteiger partial charge in [-0.2, -0.15) is 17.0 Å². The Hall–Kier alpha value is -1.67. The van der Waals surface area contributed by atoms with Gasteiger partial charge in [-0.1, -0.05) is 19.1 Å². The van der Waals surface area contributed by atoms with Crippen LogP contribution in [-0.4, -0.2) is 35.0 Å². The third kappa shape index (κ3) is 4.41. The van der Waals surface area contributed by atoms with Gasteiger partial charge in [0.1, 0.15) is 0 Å². The number of rotatable bonds is 5. The molecule has 0 radical (unpaired) electrons. The van der Waals surface area contributed by atoms with Gasteiger partial charge in [-0.05, 0) is 42.7 Å². The zero-order valence-electron chi connectivity index (χ0n) is 13.2. The number of urea groups is 1. The quantitative estimate of drug-likeness (QED) is 0.896. The van der Waals surface area contributed by atoms with E-state index in [0.717, 1.165) is 29.8 Å². The molecule has 0 unspecified atom stereocenters. The van der Waals surface area contributed by atoms with E-state index in [2.05, 4.69) is 18.3 Å². The summed E-state index contributed by atoms with van der Waals surface area (Å²) >= 11 is 2.00. The van der Waals surface area contributed by atoms with E-state index < -0.39 is 0 Å². The van der Waals surface area contributed by atoms with Crippen molar-refractivity contribution in [2.24, 2.45) is 0 Å². The molecule has 1 aromatic rings. The Bertz CT molecular complexity index is 538. The summed E-state index contributed by atoms with van der Waals surface area (Å²) in [5.74, 6) is 1.14. The molecule has 1 fully saturated rings. The topological polar surface area (TPSA) is 56.1 Å². The zero-order chi connectivity index (χ0) is 15.9. The fourth-order valence-electron chi connectivity index (χ4n) is 2.83. The van der Waals surface area contributed by atoms with E-state index in [1.807, 2.05) is 48.0 Å². The van der Waals surface area contributed by atoms with Crippen LogP contribution in [0.1, 0.15) is 31.7 Å².